The van der Waals surface area contributed by atoms with Gasteiger partial charge in [-0.15, -0.1) is 0 Å². The number of aromatic amines is 1. The number of methoxy groups -OCH3 is 1. The Labute approximate surface area is 160 Å². The van der Waals surface area contributed by atoms with Gasteiger partial charge in [-0.2, -0.15) is 0 Å². The van der Waals surface area contributed by atoms with Crippen molar-refractivity contribution in [3.05, 3.63) is 48.3 Å². The molecule has 1 aliphatic carbocycles. The van der Waals surface area contributed by atoms with Gasteiger partial charge in [0.25, 0.3) is 0 Å². The van der Waals surface area contributed by atoms with Crippen molar-refractivity contribution in [1.29, 1.82) is 0 Å². The molecule has 0 saturated heterocycles. The number of fused-ring (bicyclic) bond motifs is 1. The van der Waals surface area contributed by atoms with Crippen LogP contribution in [0.15, 0.2) is 42.5 Å². The number of hydrogen-bond acceptors (Lipinski definition) is 4. The quantitative estimate of drug-likeness (QED) is 0.608. The maximum Gasteiger partial charge on any atom is 0.147 e. The summed E-state index contributed by atoms with van der Waals surface area (Å²) in [6, 6.07) is 14.0. The summed E-state index contributed by atoms with van der Waals surface area (Å²) >= 11 is 0. The molecule has 4 rings (SSSR count). The molecule has 1 fully saturated rings. The van der Waals surface area contributed by atoms with E-state index in [0.717, 1.165) is 40.7 Å². The monoisotopic (exact) mass is 365 g/mol. The molecule has 0 bridgehead atoms. The van der Waals surface area contributed by atoms with Crippen LogP contribution in [0.3, 0.4) is 0 Å². The van der Waals surface area contributed by atoms with E-state index < -0.39 is 0 Å². The van der Waals surface area contributed by atoms with Crippen molar-refractivity contribution in [2.75, 3.05) is 19.0 Å². The number of para-hydroxylation sites is 1. The van der Waals surface area contributed by atoms with E-state index >= 15 is 0 Å². The van der Waals surface area contributed by atoms with Crippen LogP contribution in [0.4, 0.5) is 5.69 Å². The van der Waals surface area contributed by atoms with Crippen LogP contribution >= 0.6 is 0 Å². The van der Waals surface area contributed by atoms with Crippen molar-refractivity contribution in [2.24, 2.45) is 5.92 Å². The second-order valence-electron chi connectivity index (χ2n) is 7.23. The number of ether oxygens (including phenoxy) is 2. The van der Waals surface area contributed by atoms with Crippen LogP contribution in [-0.2, 0) is 6.54 Å². The van der Waals surface area contributed by atoms with E-state index in [9.17, 15) is 0 Å². The molecule has 5 heteroatoms. The zero-order valence-electron chi connectivity index (χ0n) is 15.8. The lowest BCUT2D eigenvalue weighted by Crippen LogP contribution is -2.15. The van der Waals surface area contributed by atoms with Gasteiger partial charge in [0.2, 0.25) is 0 Å². The lowest BCUT2D eigenvalue weighted by molar-refractivity contribution is 0.210. The zero-order chi connectivity index (χ0) is 18.5. The average molecular weight is 365 g/mol. The van der Waals surface area contributed by atoms with Crippen LogP contribution in [0.5, 0.6) is 11.5 Å². The van der Waals surface area contributed by atoms with Crippen molar-refractivity contribution in [1.82, 2.24) is 9.97 Å². The van der Waals surface area contributed by atoms with Gasteiger partial charge in [-0.3, -0.25) is 0 Å². The first-order valence-corrected chi connectivity index (χ1v) is 9.80. The number of rotatable bonds is 7. The van der Waals surface area contributed by atoms with Crippen molar-refractivity contribution in [2.45, 2.75) is 38.6 Å². The lowest BCUT2D eigenvalue weighted by atomic mass is 9.90. The third kappa shape index (κ3) is 4.35. The Morgan fingerprint density at radius 1 is 1.07 bits per heavy atom. The Morgan fingerprint density at radius 3 is 2.67 bits per heavy atom. The summed E-state index contributed by atoms with van der Waals surface area (Å²) in [5.74, 6) is 3.31. The lowest BCUT2D eigenvalue weighted by Gasteiger charge is -2.21. The minimum atomic E-state index is 0.628. The van der Waals surface area contributed by atoms with Gasteiger partial charge in [0.15, 0.2) is 0 Å². The third-order valence-corrected chi connectivity index (χ3v) is 5.27. The highest BCUT2D eigenvalue weighted by atomic mass is 16.5. The van der Waals surface area contributed by atoms with Gasteiger partial charge >= 0.3 is 0 Å². The highest BCUT2D eigenvalue weighted by Crippen LogP contribution is 2.28. The summed E-state index contributed by atoms with van der Waals surface area (Å²) in [5, 5.41) is 3.39. The predicted molar refractivity (Wildman–Crippen MR) is 108 cm³/mol. The fourth-order valence-corrected chi connectivity index (χ4v) is 3.71. The SMILES string of the molecule is COc1ccc(NCc2nc3c(OCC4CCCCC4)cccc3[nH]2)cc1. The molecule has 0 aliphatic heterocycles. The number of nitrogens with zero attached hydrogens (tertiary/aromatic N) is 1. The Balaban J connectivity index is 1.41. The molecule has 1 saturated carbocycles. The first kappa shape index (κ1) is 17.7. The number of anilines is 1. The molecule has 1 aromatic heterocycles. The largest absolute Gasteiger partial charge is 0.497 e. The molecule has 3 aromatic rings. The standard InChI is InChI=1S/C22H27N3O2/c1-26-18-12-10-17(11-13-18)23-14-21-24-19-8-5-9-20(22(19)25-21)27-15-16-6-3-2-4-7-16/h5,8-13,16,23H,2-4,6-7,14-15H2,1H3,(H,24,25). The number of aromatic nitrogens is 2. The first-order chi connectivity index (χ1) is 13.3. The van der Waals surface area contributed by atoms with Crippen LogP contribution in [0.2, 0.25) is 0 Å². The average Bonchev–Trinajstić information content (AvgIpc) is 3.15. The number of H-pyrrole nitrogens is 1. The first-order valence-electron chi connectivity index (χ1n) is 9.80. The number of imidazole rings is 1. The summed E-state index contributed by atoms with van der Waals surface area (Å²) in [6.45, 7) is 1.43. The predicted octanol–water partition coefficient (Wildman–Crippen LogP) is 5.14. The van der Waals surface area contributed by atoms with E-state index in [1.54, 1.807) is 7.11 Å². The number of hydrogen-bond donors (Lipinski definition) is 2. The van der Waals surface area contributed by atoms with Gasteiger partial charge in [-0.25, -0.2) is 4.98 Å². The topological polar surface area (TPSA) is 59.2 Å². The maximum absolute atomic E-state index is 6.14. The molecule has 5 nitrogen and oxygen atoms in total. The molecule has 142 valence electrons. The summed E-state index contributed by atoms with van der Waals surface area (Å²) in [4.78, 5) is 8.15. The van der Waals surface area contributed by atoms with Crippen LogP contribution in [0.25, 0.3) is 11.0 Å². The fourth-order valence-electron chi connectivity index (χ4n) is 3.71. The fraction of sp³-hybridized carbons (Fsp3) is 0.409. The van der Waals surface area contributed by atoms with Gasteiger partial charge < -0.3 is 19.8 Å². The molecule has 2 aromatic carbocycles. The van der Waals surface area contributed by atoms with Crippen molar-refractivity contribution < 1.29 is 9.47 Å². The molecule has 2 N–H and O–H groups in total. The number of nitrogens with one attached hydrogen (secondary N) is 2. The third-order valence-electron chi connectivity index (χ3n) is 5.27. The highest BCUT2D eigenvalue weighted by Gasteiger charge is 2.15. The van der Waals surface area contributed by atoms with Crippen LogP contribution in [0, 0.1) is 5.92 Å². The smallest absolute Gasteiger partial charge is 0.147 e. The molecule has 0 spiro atoms. The van der Waals surface area contributed by atoms with Crippen molar-refractivity contribution in [3.8, 4) is 11.5 Å². The second kappa shape index (κ2) is 8.33. The van der Waals surface area contributed by atoms with E-state index in [1.807, 2.05) is 42.5 Å². The van der Waals surface area contributed by atoms with Crippen molar-refractivity contribution in [3.63, 3.8) is 0 Å². The second-order valence-corrected chi connectivity index (χ2v) is 7.23. The molecule has 1 aliphatic rings. The summed E-state index contributed by atoms with van der Waals surface area (Å²) < 4.78 is 11.3. The molecule has 1 heterocycles. The van der Waals surface area contributed by atoms with Gasteiger partial charge in [0, 0.05) is 5.69 Å². The molecular formula is C22H27N3O2. The van der Waals surface area contributed by atoms with Gasteiger partial charge in [0.1, 0.15) is 22.8 Å². The Hall–Kier alpha value is -2.69. The van der Waals surface area contributed by atoms with Crippen molar-refractivity contribution >= 4 is 16.7 Å². The molecule has 0 unspecified atom stereocenters. The van der Waals surface area contributed by atoms with E-state index in [0.29, 0.717) is 12.5 Å². The minimum absolute atomic E-state index is 0.628. The Bertz CT molecular complexity index is 867. The number of benzene rings is 2. The Kier molecular flexibility index (Phi) is 5.47. The van der Waals surface area contributed by atoms with E-state index in [2.05, 4.69) is 10.3 Å². The van der Waals surface area contributed by atoms with E-state index in [-0.39, 0.29) is 0 Å². The summed E-state index contributed by atoms with van der Waals surface area (Å²) in [5.41, 5.74) is 2.97. The summed E-state index contributed by atoms with van der Waals surface area (Å²) in [6.07, 6.45) is 6.61. The van der Waals surface area contributed by atoms with Gasteiger partial charge in [-0.1, -0.05) is 25.3 Å². The highest BCUT2D eigenvalue weighted by molar-refractivity contribution is 5.81. The molecular weight excluding hydrogens is 338 g/mol. The van der Waals surface area contributed by atoms with Gasteiger partial charge in [0.05, 0.1) is 25.8 Å². The molecule has 27 heavy (non-hydrogen) atoms. The maximum atomic E-state index is 6.14. The van der Waals surface area contributed by atoms with E-state index in [1.165, 1.54) is 32.1 Å². The normalized spacial score (nSPS) is 15.0. The Morgan fingerprint density at radius 2 is 1.89 bits per heavy atom. The molecule has 0 radical (unpaired) electrons. The van der Waals surface area contributed by atoms with E-state index in [4.69, 9.17) is 14.5 Å². The molecule has 0 atom stereocenters. The van der Waals surface area contributed by atoms with Crippen LogP contribution in [0.1, 0.15) is 37.9 Å². The zero-order valence-corrected chi connectivity index (χ0v) is 15.8. The van der Waals surface area contributed by atoms with Crippen LogP contribution < -0.4 is 14.8 Å². The van der Waals surface area contributed by atoms with Crippen LogP contribution in [-0.4, -0.2) is 23.7 Å². The van der Waals surface area contributed by atoms with Gasteiger partial charge in [-0.05, 0) is 55.2 Å². The minimum Gasteiger partial charge on any atom is -0.497 e. The summed E-state index contributed by atoms with van der Waals surface area (Å²) in [7, 11) is 1.67. The molecule has 0 amide bonds.